The van der Waals surface area contributed by atoms with Crippen LogP contribution in [-0.2, 0) is 9.47 Å². The Labute approximate surface area is 202 Å². The van der Waals surface area contributed by atoms with Crippen LogP contribution in [0.25, 0.3) is 11.1 Å². The number of methoxy groups -OCH3 is 1. The third-order valence-electron chi connectivity index (χ3n) is 4.91. The number of hydrogen-bond acceptors (Lipinski definition) is 10. The maximum Gasteiger partial charge on any atom is 0.296 e. The van der Waals surface area contributed by atoms with E-state index >= 15 is 0 Å². The lowest BCUT2D eigenvalue weighted by Gasteiger charge is -2.27. The van der Waals surface area contributed by atoms with Crippen LogP contribution in [0.2, 0.25) is 0 Å². The van der Waals surface area contributed by atoms with Crippen LogP contribution in [0, 0.1) is 6.92 Å². The summed E-state index contributed by atoms with van der Waals surface area (Å²) in [6.45, 7) is 5.30. The van der Waals surface area contributed by atoms with Gasteiger partial charge in [-0.2, -0.15) is 0 Å². The molecule has 3 aromatic heterocycles. The van der Waals surface area contributed by atoms with Gasteiger partial charge in [-0.3, -0.25) is 15.1 Å². The summed E-state index contributed by atoms with van der Waals surface area (Å²) in [5.41, 5.74) is 2.48. The Kier molecular flexibility index (Phi) is 7.48. The number of rotatable bonds is 7. The van der Waals surface area contributed by atoms with Crippen molar-refractivity contribution in [3.63, 3.8) is 0 Å². The van der Waals surface area contributed by atoms with Crippen LogP contribution in [0.1, 0.15) is 23.0 Å². The highest BCUT2D eigenvalue weighted by Gasteiger charge is 2.25. The molecule has 0 radical (unpaired) electrons. The van der Waals surface area contributed by atoms with Gasteiger partial charge in [0, 0.05) is 23.0 Å². The lowest BCUT2D eigenvalue weighted by Crippen LogP contribution is -2.39. The highest BCUT2D eigenvalue weighted by Crippen LogP contribution is 2.34. The number of aromatic nitrogens is 4. The number of pyridine rings is 2. The van der Waals surface area contributed by atoms with Gasteiger partial charge in [-0.25, -0.2) is 4.98 Å². The molecule has 1 saturated heterocycles. The molecule has 1 N–H and O–H groups in total. The summed E-state index contributed by atoms with van der Waals surface area (Å²) in [5, 5.41) is 11.4. The minimum Gasteiger partial charge on any atom is -0.494 e. The number of anilines is 1. The summed E-state index contributed by atoms with van der Waals surface area (Å²) < 4.78 is 22.9. The number of nitrogens with zero attached hydrogens (tertiary/aromatic N) is 4. The summed E-state index contributed by atoms with van der Waals surface area (Å²) >= 11 is 4.51. The Balaban J connectivity index is 1.52. The minimum absolute atomic E-state index is 0.184. The SMILES string of the molecule is COc1cnc(Br)cc1-c1cc(C)ncc1C(=O)Nc1nnc(O[C@@H](C)C2COCCO2)s1. The molecule has 4 heterocycles. The van der Waals surface area contributed by atoms with E-state index in [9.17, 15) is 4.79 Å². The highest BCUT2D eigenvalue weighted by molar-refractivity contribution is 9.10. The largest absolute Gasteiger partial charge is 0.494 e. The first-order valence-electron chi connectivity index (χ1n) is 10.1. The van der Waals surface area contributed by atoms with Gasteiger partial charge < -0.3 is 18.9 Å². The van der Waals surface area contributed by atoms with Gasteiger partial charge in [0.05, 0.1) is 38.7 Å². The van der Waals surface area contributed by atoms with Gasteiger partial charge in [-0.05, 0) is 53.2 Å². The van der Waals surface area contributed by atoms with Crippen LogP contribution in [0.3, 0.4) is 0 Å². The number of carbonyl (C=O) groups excluding carboxylic acids is 1. The molecule has 1 aliphatic rings. The number of carbonyl (C=O) groups is 1. The van der Waals surface area contributed by atoms with Crippen molar-refractivity contribution < 1.29 is 23.7 Å². The quantitative estimate of drug-likeness (QED) is 0.453. The number of halogens is 1. The Morgan fingerprint density at radius 3 is 2.85 bits per heavy atom. The Morgan fingerprint density at radius 2 is 2.09 bits per heavy atom. The Hall–Kier alpha value is -2.67. The van der Waals surface area contributed by atoms with Crippen molar-refractivity contribution in [2.45, 2.75) is 26.1 Å². The number of hydrogen-bond donors (Lipinski definition) is 1. The van der Waals surface area contributed by atoms with Crippen molar-refractivity contribution in [1.29, 1.82) is 0 Å². The monoisotopic (exact) mass is 535 g/mol. The zero-order valence-electron chi connectivity index (χ0n) is 18.2. The predicted molar refractivity (Wildman–Crippen MR) is 125 cm³/mol. The number of ether oxygens (including phenoxy) is 4. The van der Waals surface area contributed by atoms with Crippen molar-refractivity contribution >= 4 is 38.3 Å². The van der Waals surface area contributed by atoms with Gasteiger partial charge in [0.25, 0.3) is 11.1 Å². The van der Waals surface area contributed by atoms with E-state index < -0.39 is 0 Å². The van der Waals surface area contributed by atoms with Crippen LogP contribution >= 0.6 is 27.3 Å². The van der Waals surface area contributed by atoms with Gasteiger partial charge in [0.2, 0.25) is 5.13 Å². The maximum atomic E-state index is 13.1. The first-order valence-corrected chi connectivity index (χ1v) is 11.7. The van der Waals surface area contributed by atoms with Gasteiger partial charge >= 0.3 is 0 Å². The normalized spacial score (nSPS) is 16.8. The second kappa shape index (κ2) is 10.5. The molecular formula is C21H22BrN5O5S. The van der Waals surface area contributed by atoms with Gasteiger partial charge in [-0.1, -0.05) is 5.10 Å². The molecule has 10 nitrogen and oxygen atoms in total. The van der Waals surface area contributed by atoms with E-state index in [1.807, 2.05) is 19.9 Å². The van der Waals surface area contributed by atoms with E-state index in [1.54, 1.807) is 19.4 Å². The minimum atomic E-state index is -0.382. The van der Waals surface area contributed by atoms with E-state index in [4.69, 9.17) is 18.9 Å². The highest BCUT2D eigenvalue weighted by atomic mass is 79.9. The van der Waals surface area contributed by atoms with E-state index in [0.29, 0.717) is 57.2 Å². The van der Waals surface area contributed by atoms with E-state index in [1.165, 1.54) is 6.20 Å². The second-order valence-corrected chi connectivity index (χ2v) is 8.97. The standard InChI is InChI=1S/C21H22BrN5O5S/c1-11-6-13(14-7-18(22)24-9-16(14)29-3)15(8-23-11)19(28)25-20-26-27-21(33-20)32-12(2)17-10-30-4-5-31-17/h6-9,12,17H,4-5,10H2,1-3H3,(H,25,26,28)/t12-,17?/m0/s1. The number of amides is 1. The van der Waals surface area contributed by atoms with Gasteiger partial charge in [0.15, 0.2) is 0 Å². The zero-order valence-corrected chi connectivity index (χ0v) is 20.6. The summed E-state index contributed by atoms with van der Waals surface area (Å²) in [6.07, 6.45) is 2.66. The van der Waals surface area contributed by atoms with Crippen molar-refractivity contribution in [3.05, 3.63) is 40.4 Å². The average molecular weight is 536 g/mol. The molecule has 1 fully saturated rings. The molecule has 1 unspecified atom stereocenters. The summed E-state index contributed by atoms with van der Waals surface area (Å²) in [4.78, 5) is 21.6. The lowest BCUT2D eigenvalue weighted by atomic mass is 10.0. The van der Waals surface area contributed by atoms with E-state index in [-0.39, 0.29) is 18.1 Å². The second-order valence-electron chi connectivity index (χ2n) is 7.21. The van der Waals surface area contributed by atoms with Crippen LogP contribution in [0.4, 0.5) is 5.13 Å². The maximum absolute atomic E-state index is 13.1. The molecule has 0 aliphatic carbocycles. The molecule has 3 aromatic rings. The van der Waals surface area contributed by atoms with Crippen LogP contribution in [0.15, 0.2) is 29.1 Å². The van der Waals surface area contributed by atoms with E-state index in [0.717, 1.165) is 17.0 Å². The van der Waals surface area contributed by atoms with Crippen molar-refractivity contribution in [1.82, 2.24) is 20.2 Å². The van der Waals surface area contributed by atoms with Gasteiger partial charge in [0.1, 0.15) is 22.6 Å². The average Bonchev–Trinajstić information content (AvgIpc) is 3.25. The lowest BCUT2D eigenvalue weighted by molar-refractivity contribution is -0.122. The Morgan fingerprint density at radius 1 is 1.24 bits per heavy atom. The molecule has 174 valence electrons. The third kappa shape index (κ3) is 5.64. The predicted octanol–water partition coefficient (Wildman–Crippen LogP) is 3.51. The van der Waals surface area contributed by atoms with Crippen molar-refractivity contribution in [3.8, 4) is 22.1 Å². The third-order valence-corrected chi connectivity index (χ3v) is 6.07. The zero-order chi connectivity index (χ0) is 23.4. The summed E-state index contributed by atoms with van der Waals surface area (Å²) in [6, 6.07) is 3.61. The topological polar surface area (TPSA) is 118 Å². The van der Waals surface area contributed by atoms with Crippen LogP contribution in [-0.4, -0.2) is 65.2 Å². The molecule has 1 amide bonds. The first-order chi connectivity index (χ1) is 15.9. The molecule has 0 aromatic carbocycles. The molecular weight excluding hydrogens is 514 g/mol. The molecule has 33 heavy (non-hydrogen) atoms. The molecule has 0 bridgehead atoms. The number of aryl methyl sites for hydroxylation is 1. The van der Waals surface area contributed by atoms with Crippen LogP contribution < -0.4 is 14.8 Å². The van der Waals surface area contributed by atoms with E-state index in [2.05, 4.69) is 41.4 Å². The summed E-state index contributed by atoms with van der Waals surface area (Å²) in [7, 11) is 1.55. The first kappa shape index (κ1) is 23.5. The molecule has 2 atom stereocenters. The molecule has 1 aliphatic heterocycles. The molecule has 4 rings (SSSR count). The Bertz CT molecular complexity index is 1140. The van der Waals surface area contributed by atoms with Crippen molar-refractivity contribution in [2.75, 3.05) is 32.2 Å². The smallest absolute Gasteiger partial charge is 0.296 e. The van der Waals surface area contributed by atoms with Crippen molar-refractivity contribution in [2.24, 2.45) is 0 Å². The fourth-order valence-electron chi connectivity index (χ4n) is 3.24. The number of nitrogens with one attached hydrogen (secondary N) is 1. The molecule has 0 spiro atoms. The molecule has 0 saturated carbocycles. The van der Waals surface area contributed by atoms with Gasteiger partial charge in [-0.15, -0.1) is 5.10 Å². The molecule has 12 heteroatoms. The summed E-state index contributed by atoms with van der Waals surface area (Å²) in [5.74, 6) is 0.152. The fraction of sp³-hybridized carbons (Fsp3) is 0.381. The van der Waals surface area contributed by atoms with Crippen LogP contribution in [0.5, 0.6) is 10.9 Å². The fourth-order valence-corrected chi connectivity index (χ4v) is 4.24.